The lowest BCUT2D eigenvalue weighted by molar-refractivity contribution is 0.0530. The number of benzene rings is 2. The van der Waals surface area contributed by atoms with Gasteiger partial charge in [-0.1, -0.05) is 0 Å². The zero-order valence-corrected chi connectivity index (χ0v) is 24.6. The van der Waals surface area contributed by atoms with Gasteiger partial charge in [-0.05, 0) is 75.3 Å². The molecule has 0 bridgehead atoms. The molecule has 1 amide bonds. The molecule has 2 atom stereocenters. The number of carbonyl (C=O) groups is 1. The summed E-state index contributed by atoms with van der Waals surface area (Å²) >= 11 is 0. The van der Waals surface area contributed by atoms with Crippen LogP contribution >= 0.6 is 0 Å². The predicted molar refractivity (Wildman–Crippen MR) is 160 cm³/mol. The zero-order chi connectivity index (χ0) is 28.8. The van der Waals surface area contributed by atoms with Crippen molar-refractivity contribution in [3.05, 3.63) is 41.5 Å². The number of anilines is 4. The molecule has 4 aliphatic rings. The average molecular weight is 585 g/mol. The van der Waals surface area contributed by atoms with Gasteiger partial charge in [0, 0.05) is 43.9 Å². The van der Waals surface area contributed by atoms with Crippen LogP contribution < -0.4 is 24.6 Å². The van der Waals surface area contributed by atoms with Crippen molar-refractivity contribution >= 4 is 38.7 Å². The van der Waals surface area contributed by atoms with Crippen LogP contribution in [0.25, 0.3) is 0 Å². The summed E-state index contributed by atoms with van der Waals surface area (Å²) in [6.07, 6.45) is 5.55. The number of hydrogen-bond acceptors (Lipinski definition) is 8. The summed E-state index contributed by atoms with van der Waals surface area (Å²) in [4.78, 5) is 18.3. The fraction of sp³-hybridized carbons (Fsp3) is 0.567. The smallest absolute Gasteiger partial charge is 0.257 e. The summed E-state index contributed by atoms with van der Waals surface area (Å²) in [6, 6.07) is 9.02. The Labute approximate surface area is 242 Å². The summed E-state index contributed by atoms with van der Waals surface area (Å²) in [5.74, 6) is 0.638. The van der Waals surface area contributed by atoms with Gasteiger partial charge < -0.3 is 29.7 Å². The fourth-order valence-electron chi connectivity index (χ4n) is 6.14. The third-order valence-electron chi connectivity index (χ3n) is 9.01. The summed E-state index contributed by atoms with van der Waals surface area (Å²) < 4.78 is 39.6. The summed E-state index contributed by atoms with van der Waals surface area (Å²) in [5, 5.41) is 11.6. The molecule has 1 saturated carbocycles. The van der Waals surface area contributed by atoms with E-state index in [9.17, 15) is 18.3 Å². The first-order valence-electron chi connectivity index (χ1n) is 14.7. The van der Waals surface area contributed by atoms with Crippen molar-refractivity contribution in [1.82, 2.24) is 0 Å². The number of nitrogens with zero attached hydrogens (tertiary/aromatic N) is 2. The Morgan fingerprint density at radius 3 is 2.51 bits per heavy atom. The van der Waals surface area contributed by atoms with Crippen molar-refractivity contribution in [2.75, 3.05) is 65.8 Å². The zero-order valence-electron chi connectivity index (χ0n) is 23.8. The van der Waals surface area contributed by atoms with E-state index in [4.69, 9.17) is 9.47 Å². The molecule has 0 unspecified atom stereocenters. The largest absolute Gasteiger partial charge is 0.491 e. The number of piperidine rings is 1. The first kappa shape index (κ1) is 28.1. The highest BCUT2D eigenvalue weighted by atomic mass is 32.2. The Morgan fingerprint density at radius 1 is 1.05 bits per heavy atom. The molecule has 3 heterocycles. The van der Waals surface area contributed by atoms with Crippen LogP contribution in [0.15, 0.2) is 30.3 Å². The summed E-state index contributed by atoms with van der Waals surface area (Å²) in [7, 11) is -3.77. The van der Waals surface area contributed by atoms with Gasteiger partial charge in [0.1, 0.15) is 11.0 Å². The van der Waals surface area contributed by atoms with Crippen molar-refractivity contribution in [3.63, 3.8) is 0 Å². The lowest BCUT2D eigenvalue weighted by atomic mass is 9.93. The number of nitrogens with one attached hydrogen (secondary N) is 2. The van der Waals surface area contributed by atoms with Gasteiger partial charge in [-0.3, -0.25) is 9.52 Å². The van der Waals surface area contributed by atoms with Gasteiger partial charge in [-0.15, -0.1) is 0 Å². The standard InChI is InChI=1S/C30H40N4O6S/c1-20-18-34(12-14-39-20)27-17-24(15-22-5-13-40-28(22)27)31-29(36)25-4-3-23(32-41(37,38)21(2)19-35)16-26(25)33-10-8-30(6-7-30)9-11-33/h3-4,15-17,20-21,32,35H,5-14,18-19H2,1-2H3,(H,31,36)/t20-,21-/m1/s1. The molecule has 3 aliphatic heterocycles. The van der Waals surface area contributed by atoms with Crippen LogP contribution in [0.4, 0.5) is 22.7 Å². The Kier molecular flexibility index (Phi) is 7.54. The number of ether oxygens (including phenoxy) is 2. The highest BCUT2D eigenvalue weighted by Gasteiger charge is 2.44. The molecule has 0 aromatic heterocycles. The lowest BCUT2D eigenvalue weighted by Crippen LogP contribution is -2.41. The monoisotopic (exact) mass is 584 g/mol. The number of aliphatic hydroxyl groups excluding tert-OH is 1. The van der Waals surface area contributed by atoms with Crippen LogP contribution in [0.5, 0.6) is 5.75 Å². The van der Waals surface area contributed by atoms with Gasteiger partial charge in [0.25, 0.3) is 5.91 Å². The molecule has 10 nitrogen and oxygen atoms in total. The quantitative estimate of drug-likeness (QED) is 0.431. The number of rotatable bonds is 8. The first-order chi connectivity index (χ1) is 19.7. The minimum Gasteiger partial charge on any atom is -0.491 e. The number of aliphatic hydroxyl groups is 1. The second-order valence-electron chi connectivity index (χ2n) is 12.0. The Bertz CT molecular complexity index is 1420. The van der Waals surface area contributed by atoms with E-state index >= 15 is 0 Å². The van der Waals surface area contributed by atoms with Crippen LogP contribution in [0.2, 0.25) is 0 Å². The minimum absolute atomic E-state index is 0.109. The van der Waals surface area contributed by atoms with E-state index in [1.165, 1.54) is 19.8 Å². The maximum absolute atomic E-state index is 13.8. The van der Waals surface area contributed by atoms with Crippen molar-refractivity contribution in [1.29, 1.82) is 0 Å². The second-order valence-corrected chi connectivity index (χ2v) is 14.1. The van der Waals surface area contributed by atoms with Crippen LogP contribution in [-0.2, 0) is 21.2 Å². The van der Waals surface area contributed by atoms with Crippen molar-refractivity contribution < 1.29 is 27.8 Å². The molecule has 0 radical (unpaired) electrons. The van der Waals surface area contributed by atoms with Gasteiger partial charge in [0.15, 0.2) is 0 Å². The Balaban J connectivity index is 1.29. The van der Waals surface area contributed by atoms with E-state index in [2.05, 4.69) is 26.8 Å². The van der Waals surface area contributed by atoms with Gasteiger partial charge >= 0.3 is 0 Å². The van der Waals surface area contributed by atoms with Gasteiger partial charge in [0.2, 0.25) is 10.0 Å². The van der Waals surface area contributed by atoms with Crippen LogP contribution in [-0.4, -0.2) is 76.8 Å². The number of carbonyl (C=O) groups excluding carboxylic acids is 1. The molecule has 1 aliphatic carbocycles. The molecule has 11 heteroatoms. The SMILES string of the molecule is C[C@@H]1CN(c2cc(NC(=O)c3ccc(NS(=O)(=O)[C@H](C)CO)cc3N3CCC4(CC3)CC4)cc3c2OCC3)CCO1. The minimum atomic E-state index is -3.77. The predicted octanol–water partition coefficient (Wildman–Crippen LogP) is 3.60. The lowest BCUT2D eigenvalue weighted by Gasteiger charge is -2.35. The van der Waals surface area contributed by atoms with E-state index in [1.54, 1.807) is 18.2 Å². The molecule has 2 aromatic carbocycles. The molecule has 3 fully saturated rings. The van der Waals surface area contributed by atoms with Crippen molar-refractivity contribution in [3.8, 4) is 5.75 Å². The number of amides is 1. The summed E-state index contributed by atoms with van der Waals surface area (Å²) in [6.45, 7) is 7.43. The molecule has 41 heavy (non-hydrogen) atoms. The highest BCUT2D eigenvalue weighted by molar-refractivity contribution is 7.93. The van der Waals surface area contributed by atoms with E-state index in [1.807, 2.05) is 12.1 Å². The Hall–Kier alpha value is -3.02. The Morgan fingerprint density at radius 2 is 1.80 bits per heavy atom. The maximum Gasteiger partial charge on any atom is 0.257 e. The van der Waals surface area contributed by atoms with E-state index < -0.39 is 21.9 Å². The number of hydrogen-bond donors (Lipinski definition) is 3. The second kappa shape index (κ2) is 11.0. The first-order valence-corrected chi connectivity index (χ1v) is 16.2. The molecule has 3 N–H and O–H groups in total. The molecule has 1 spiro atoms. The topological polar surface area (TPSA) is 120 Å². The van der Waals surface area contributed by atoms with Crippen molar-refractivity contribution in [2.45, 2.75) is 57.3 Å². The molecule has 2 aromatic rings. The van der Waals surface area contributed by atoms with Gasteiger partial charge in [-0.2, -0.15) is 0 Å². The fourth-order valence-corrected chi connectivity index (χ4v) is 6.99. The average Bonchev–Trinajstić information content (AvgIpc) is 3.53. The molecule has 6 rings (SSSR count). The maximum atomic E-state index is 13.8. The highest BCUT2D eigenvalue weighted by Crippen LogP contribution is 2.54. The molecule has 2 saturated heterocycles. The number of sulfonamides is 1. The number of morpholine rings is 1. The van der Waals surface area contributed by atoms with E-state index in [-0.39, 0.29) is 12.0 Å². The van der Waals surface area contributed by atoms with Crippen molar-refractivity contribution in [2.24, 2.45) is 5.41 Å². The van der Waals surface area contributed by atoms with Gasteiger partial charge in [-0.25, -0.2) is 8.42 Å². The van der Waals surface area contributed by atoms with E-state index in [0.29, 0.717) is 41.3 Å². The molecule has 222 valence electrons. The van der Waals surface area contributed by atoms with Crippen LogP contribution in [0.1, 0.15) is 55.5 Å². The van der Waals surface area contributed by atoms with Crippen LogP contribution in [0.3, 0.4) is 0 Å². The third kappa shape index (κ3) is 5.85. The van der Waals surface area contributed by atoms with Gasteiger partial charge in [0.05, 0.1) is 48.6 Å². The third-order valence-corrected chi connectivity index (χ3v) is 10.7. The molecular formula is C30H40N4O6S. The molecular weight excluding hydrogens is 544 g/mol. The normalized spacial score (nSPS) is 22.2. The number of fused-ring (bicyclic) bond motifs is 1. The summed E-state index contributed by atoms with van der Waals surface area (Å²) in [5.41, 5.74) is 4.78. The van der Waals surface area contributed by atoms with Crippen LogP contribution in [0, 0.1) is 5.41 Å². The van der Waals surface area contributed by atoms with E-state index in [0.717, 1.165) is 62.4 Å².